The zero-order chi connectivity index (χ0) is 13.2. The Hall–Kier alpha value is -2.14. The first-order chi connectivity index (χ1) is 9.20. The van der Waals surface area contributed by atoms with E-state index in [1.54, 1.807) is 30.3 Å². The molecule has 2 aromatic carbocycles. The standard InChI is InChI=1S/C14H9FO3S/c15-10-3-1-9(2-4-10)8-17-11-5-6-13-12(7-11)18-14(16)19-13/h1-7H,8H2. The minimum atomic E-state index is -0.328. The molecule has 0 radical (unpaired) electrons. The molecule has 0 amide bonds. The van der Waals surface area contributed by atoms with Crippen LogP contribution in [-0.4, -0.2) is 0 Å². The van der Waals surface area contributed by atoms with Gasteiger partial charge >= 0.3 is 4.94 Å². The summed E-state index contributed by atoms with van der Waals surface area (Å²) >= 11 is 1.06. The first-order valence-electron chi connectivity index (χ1n) is 5.62. The average molecular weight is 276 g/mol. The highest BCUT2D eigenvalue weighted by atomic mass is 32.1. The Balaban J connectivity index is 1.77. The molecular weight excluding hydrogens is 267 g/mol. The second-order valence-electron chi connectivity index (χ2n) is 3.98. The Morgan fingerprint density at radius 1 is 1.16 bits per heavy atom. The summed E-state index contributed by atoms with van der Waals surface area (Å²) in [5, 5.41) is 0. The van der Waals surface area contributed by atoms with Crippen molar-refractivity contribution in [2.24, 2.45) is 0 Å². The van der Waals surface area contributed by atoms with Crippen molar-refractivity contribution < 1.29 is 13.5 Å². The molecule has 0 saturated carbocycles. The molecule has 96 valence electrons. The van der Waals surface area contributed by atoms with Gasteiger partial charge in [-0.2, -0.15) is 0 Å². The summed E-state index contributed by atoms with van der Waals surface area (Å²) in [5.74, 6) is 0.337. The summed E-state index contributed by atoms with van der Waals surface area (Å²) in [7, 11) is 0. The number of ether oxygens (including phenoxy) is 1. The Labute approximate surface area is 111 Å². The summed E-state index contributed by atoms with van der Waals surface area (Å²) in [4.78, 5) is 10.8. The summed E-state index contributed by atoms with van der Waals surface area (Å²) in [5.41, 5.74) is 1.39. The van der Waals surface area contributed by atoms with Gasteiger partial charge in [-0.15, -0.1) is 0 Å². The van der Waals surface area contributed by atoms with Gasteiger partial charge in [0.25, 0.3) is 0 Å². The molecule has 0 aliphatic heterocycles. The topological polar surface area (TPSA) is 39.4 Å². The second kappa shape index (κ2) is 4.85. The quantitative estimate of drug-likeness (QED) is 0.734. The van der Waals surface area contributed by atoms with E-state index in [0.717, 1.165) is 21.6 Å². The van der Waals surface area contributed by atoms with Crippen molar-refractivity contribution in [3.05, 3.63) is 63.6 Å². The number of hydrogen-bond donors (Lipinski definition) is 0. The first-order valence-corrected chi connectivity index (χ1v) is 6.43. The van der Waals surface area contributed by atoms with Gasteiger partial charge in [0, 0.05) is 6.07 Å². The largest absolute Gasteiger partial charge is 0.489 e. The molecule has 0 fully saturated rings. The summed E-state index contributed by atoms with van der Waals surface area (Å²) in [6.07, 6.45) is 0. The molecule has 5 heteroatoms. The van der Waals surface area contributed by atoms with Crippen LogP contribution in [0.4, 0.5) is 4.39 Å². The minimum Gasteiger partial charge on any atom is -0.489 e. The van der Waals surface area contributed by atoms with E-state index in [2.05, 4.69) is 0 Å². The van der Waals surface area contributed by atoms with Gasteiger partial charge in [0.2, 0.25) is 0 Å². The third kappa shape index (κ3) is 2.66. The normalized spacial score (nSPS) is 10.8. The van der Waals surface area contributed by atoms with E-state index < -0.39 is 0 Å². The lowest BCUT2D eigenvalue weighted by Crippen LogP contribution is -1.95. The fourth-order valence-corrected chi connectivity index (χ4v) is 2.34. The Morgan fingerprint density at radius 3 is 2.74 bits per heavy atom. The van der Waals surface area contributed by atoms with Gasteiger partial charge < -0.3 is 9.15 Å². The van der Waals surface area contributed by atoms with E-state index in [1.807, 2.05) is 0 Å². The van der Waals surface area contributed by atoms with Crippen molar-refractivity contribution in [2.75, 3.05) is 0 Å². The Kier molecular flexibility index (Phi) is 3.05. The fourth-order valence-electron chi connectivity index (χ4n) is 1.69. The highest BCUT2D eigenvalue weighted by Crippen LogP contribution is 2.23. The number of halogens is 1. The predicted molar refractivity (Wildman–Crippen MR) is 71.1 cm³/mol. The van der Waals surface area contributed by atoms with Crippen LogP contribution in [0.2, 0.25) is 0 Å². The smallest absolute Gasteiger partial charge is 0.396 e. The maximum absolute atomic E-state index is 12.7. The molecule has 0 atom stereocenters. The van der Waals surface area contributed by atoms with Crippen molar-refractivity contribution >= 4 is 21.6 Å². The molecule has 19 heavy (non-hydrogen) atoms. The number of fused-ring (bicyclic) bond motifs is 1. The average Bonchev–Trinajstić information content (AvgIpc) is 2.77. The third-order valence-electron chi connectivity index (χ3n) is 2.62. The number of hydrogen-bond acceptors (Lipinski definition) is 4. The monoisotopic (exact) mass is 276 g/mol. The predicted octanol–water partition coefficient (Wildman–Crippen LogP) is 3.57. The van der Waals surface area contributed by atoms with E-state index in [-0.39, 0.29) is 10.8 Å². The minimum absolute atomic E-state index is 0.273. The molecule has 3 aromatic rings. The lowest BCUT2D eigenvalue weighted by atomic mass is 10.2. The van der Waals surface area contributed by atoms with Crippen molar-refractivity contribution in [3.8, 4) is 5.75 Å². The van der Waals surface area contributed by atoms with Crippen LogP contribution in [0.5, 0.6) is 5.75 Å². The first kappa shape index (κ1) is 11.9. The van der Waals surface area contributed by atoms with Crippen LogP contribution in [-0.2, 0) is 6.61 Å². The van der Waals surface area contributed by atoms with E-state index in [1.165, 1.54) is 12.1 Å². The van der Waals surface area contributed by atoms with Gasteiger partial charge in [0.1, 0.15) is 18.2 Å². The van der Waals surface area contributed by atoms with E-state index in [0.29, 0.717) is 17.9 Å². The van der Waals surface area contributed by atoms with Gasteiger partial charge in [-0.25, -0.2) is 9.18 Å². The Morgan fingerprint density at radius 2 is 1.95 bits per heavy atom. The van der Waals surface area contributed by atoms with E-state index in [4.69, 9.17) is 9.15 Å². The van der Waals surface area contributed by atoms with Gasteiger partial charge in [-0.05, 0) is 29.8 Å². The molecule has 0 aliphatic carbocycles. The number of benzene rings is 2. The number of rotatable bonds is 3. The van der Waals surface area contributed by atoms with Crippen molar-refractivity contribution in [1.82, 2.24) is 0 Å². The molecular formula is C14H9FO3S. The molecule has 0 spiro atoms. The lowest BCUT2D eigenvalue weighted by Gasteiger charge is -2.05. The van der Waals surface area contributed by atoms with Crippen LogP contribution < -0.4 is 9.68 Å². The summed E-state index contributed by atoms with van der Waals surface area (Å²) < 4.78 is 24.1. The zero-order valence-electron chi connectivity index (χ0n) is 9.76. The third-order valence-corrected chi connectivity index (χ3v) is 3.43. The van der Waals surface area contributed by atoms with Crippen LogP contribution in [0.25, 0.3) is 10.3 Å². The molecule has 0 aliphatic rings. The maximum Gasteiger partial charge on any atom is 0.396 e. The zero-order valence-corrected chi connectivity index (χ0v) is 10.6. The van der Waals surface area contributed by atoms with Crippen LogP contribution >= 0.6 is 11.3 Å². The molecule has 3 nitrogen and oxygen atoms in total. The van der Waals surface area contributed by atoms with Gasteiger partial charge in [0.05, 0.1) is 4.70 Å². The molecule has 1 heterocycles. The van der Waals surface area contributed by atoms with Crippen LogP contribution in [0.3, 0.4) is 0 Å². The molecule has 1 aromatic heterocycles. The summed E-state index contributed by atoms with van der Waals surface area (Å²) in [6, 6.07) is 11.3. The van der Waals surface area contributed by atoms with Crippen LogP contribution in [0.15, 0.2) is 51.7 Å². The fraction of sp³-hybridized carbons (Fsp3) is 0.0714. The highest BCUT2D eigenvalue weighted by Gasteiger charge is 2.04. The van der Waals surface area contributed by atoms with Gasteiger partial charge in [0.15, 0.2) is 5.58 Å². The molecule has 0 N–H and O–H groups in total. The SMILES string of the molecule is O=c1oc2cc(OCc3ccc(F)cc3)ccc2s1. The molecule has 3 rings (SSSR count). The Bertz CT molecular complexity index is 758. The van der Waals surface area contributed by atoms with E-state index >= 15 is 0 Å². The van der Waals surface area contributed by atoms with Crippen molar-refractivity contribution in [2.45, 2.75) is 6.61 Å². The highest BCUT2D eigenvalue weighted by molar-refractivity contribution is 7.16. The molecule has 0 saturated heterocycles. The van der Waals surface area contributed by atoms with E-state index in [9.17, 15) is 9.18 Å². The van der Waals surface area contributed by atoms with Gasteiger partial charge in [-0.3, -0.25) is 0 Å². The van der Waals surface area contributed by atoms with Crippen LogP contribution in [0.1, 0.15) is 5.56 Å². The maximum atomic E-state index is 12.7. The van der Waals surface area contributed by atoms with Crippen LogP contribution in [0, 0.1) is 5.82 Å². The van der Waals surface area contributed by atoms with Crippen molar-refractivity contribution in [3.63, 3.8) is 0 Å². The summed E-state index contributed by atoms with van der Waals surface area (Å²) in [6.45, 7) is 0.333. The lowest BCUT2D eigenvalue weighted by molar-refractivity contribution is 0.306. The van der Waals surface area contributed by atoms with Crippen molar-refractivity contribution in [1.29, 1.82) is 0 Å². The molecule has 0 bridgehead atoms. The molecule has 0 unspecified atom stereocenters. The van der Waals surface area contributed by atoms with Gasteiger partial charge in [-0.1, -0.05) is 23.5 Å². The second-order valence-corrected chi connectivity index (χ2v) is 4.96.